The van der Waals surface area contributed by atoms with Crippen molar-refractivity contribution in [2.45, 2.75) is 38.9 Å². The number of nitrogens with zero attached hydrogens (tertiary/aromatic N) is 1. The molecule has 5 heteroatoms. The third-order valence-electron chi connectivity index (χ3n) is 9.75. The van der Waals surface area contributed by atoms with Crippen LogP contribution in [-0.4, -0.2) is 18.3 Å². The summed E-state index contributed by atoms with van der Waals surface area (Å²) >= 11 is 0. The van der Waals surface area contributed by atoms with E-state index in [0.717, 1.165) is 66.7 Å². The van der Waals surface area contributed by atoms with Gasteiger partial charge < -0.3 is 18.6 Å². The summed E-state index contributed by atoms with van der Waals surface area (Å²) < 4.78 is 18.9. The lowest BCUT2D eigenvalue weighted by molar-refractivity contribution is 0.00578. The van der Waals surface area contributed by atoms with E-state index < -0.39 is 7.12 Å². The van der Waals surface area contributed by atoms with E-state index in [9.17, 15) is 0 Å². The van der Waals surface area contributed by atoms with Crippen LogP contribution in [-0.2, 0) is 9.31 Å². The molecule has 0 atom stereocenters. The summed E-state index contributed by atoms with van der Waals surface area (Å²) in [6.07, 6.45) is 0. The minimum absolute atomic E-state index is 0.378. The first kappa shape index (κ1) is 29.3. The fraction of sp³-hybridized carbons (Fsp3) is 0.143. The SMILES string of the molecule is CC1(C)OB(c2ccc(N(c3ccccc3)c3ccc(-c4ccc(-c5cccc6c5oc5ccccc56)cc4)cc3)cc2)OC1(C)C. The number of para-hydroxylation sites is 3. The van der Waals surface area contributed by atoms with Gasteiger partial charge in [-0.1, -0.05) is 103 Å². The van der Waals surface area contributed by atoms with Crippen LogP contribution < -0.4 is 10.4 Å². The third-order valence-corrected chi connectivity index (χ3v) is 9.75. The Morgan fingerprint density at radius 1 is 0.468 bits per heavy atom. The second-order valence-electron chi connectivity index (χ2n) is 13.3. The molecule has 8 rings (SSSR count). The molecule has 0 amide bonds. The Balaban J connectivity index is 1.07. The van der Waals surface area contributed by atoms with Gasteiger partial charge in [0, 0.05) is 33.4 Å². The van der Waals surface area contributed by atoms with Crippen LogP contribution in [0, 0.1) is 0 Å². The minimum atomic E-state index is -0.392. The summed E-state index contributed by atoms with van der Waals surface area (Å²) in [4.78, 5) is 2.27. The van der Waals surface area contributed by atoms with Crippen LogP contribution in [0.4, 0.5) is 17.1 Å². The molecule has 0 radical (unpaired) electrons. The zero-order valence-corrected chi connectivity index (χ0v) is 27.1. The highest BCUT2D eigenvalue weighted by Crippen LogP contribution is 2.39. The van der Waals surface area contributed by atoms with Crippen LogP contribution >= 0.6 is 0 Å². The average Bonchev–Trinajstić information content (AvgIpc) is 3.58. The van der Waals surface area contributed by atoms with Gasteiger partial charge in [0.2, 0.25) is 0 Å². The van der Waals surface area contributed by atoms with Gasteiger partial charge in [-0.25, -0.2) is 0 Å². The van der Waals surface area contributed by atoms with Gasteiger partial charge in [-0.2, -0.15) is 0 Å². The topological polar surface area (TPSA) is 34.8 Å². The Hall–Kier alpha value is -5.10. The number of benzene rings is 6. The second kappa shape index (κ2) is 11.3. The molecule has 6 aromatic carbocycles. The Morgan fingerprint density at radius 3 is 1.64 bits per heavy atom. The van der Waals surface area contributed by atoms with E-state index in [1.807, 2.05) is 18.2 Å². The minimum Gasteiger partial charge on any atom is -0.455 e. The highest BCUT2D eigenvalue weighted by atomic mass is 16.7. The summed E-state index contributed by atoms with van der Waals surface area (Å²) in [5.74, 6) is 0. The van der Waals surface area contributed by atoms with Crippen molar-refractivity contribution in [3.05, 3.63) is 146 Å². The Kier molecular flexibility index (Phi) is 7.05. The van der Waals surface area contributed by atoms with E-state index in [-0.39, 0.29) is 11.2 Å². The van der Waals surface area contributed by atoms with Crippen LogP contribution in [0.15, 0.2) is 150 Å². The Bertz CT molecular complexity index is 2170. The molecule has 0 aliphatic carbocycles. The highest BCUT2D eigenvalue weighted by Gasteiger charge is 2.51. The molecule has 1 aromatic heterocycles. The van der Waals surface area contributed by atoms with Crippen LogP contribution in [0.3, 0.4) is 0 Å². The van der Waals surface area contributed by atoms with Gasteiger partial charge in [0.25, 0.3) is 0 Å². The molecule has 0 N–H and O–H groups in total. The number of hydrogen-bond donors (Lipinski definition) is 0. The van der Waals surface area contributed by atoms with Crippen molar-refractivity contribution >= 4 is 51.6 Å². The van der Waals surface area contributed by atoms with Crippen molar-refractivity contribution in [1.29, 1.82) is 0 Å². The first-order valence-corrected chi connectivity index (χ1v) is 16.2. The molecule has 230 valence electrons. The van der Waals surface area contributed by atoms with E-state index in [1.165, 1.54) is 0 Å². The van der Waals surface area contributed by atoms with E-state index in [0.29, 0.717) is 0 Å². The fourth-order valence-electron chi connectivity index (χ4n) is 6.40. The lowest BCUT2D eigenvalue weighted by Crippen LogP contribution is -2.41. The van der Waals surface area contributed by atoms with Crippen molar-refractivity contribution in [3.63, 3.8) is 0 Å². The van der Waals surface area contributed by atoms with Gasteiger partial charge in [-0.3, -0.25) is 0 Å². The number of hydrogen-bond acceptors (Lipinski definition) is 4. The molecule has 7 aromatic rings. The normalized spacial score (nSPS) is 15.4. The Morgan fingerprint density at radius 2 is 0.979 bits per heavy atom. The van der Waals surface area contributed by atoms with Crippen LogP contribution in [0.2, 0.25) is 0 Å². The Labute approximate surface area is 276 Å². The molecule has 4 nitrogen and oxygen atoms in total. The lowest BCUT2D eigenvalue weighted by Gasteiger charge is -2.32. The number of anilines is 3. The molecule has 47 heavy (non-hydrogen) atoms. The molecule has 1 aliphatic rings. The molecule has 0 unspecified atom stereocenters. The second-order valence-corrected chi connectivity index (χ2v) is 13.3. The van der Waals surface area contributed by atoms with Crippen molar-refractivity contribution < 1.29 is 13.7 Å². The number of furan rings is 1. The first-order valence-electron chi connectivity index (χ1n) is 16.2. The van der Waals surface area contributed by atoms with Crippen molar-refractivity contribution in [2.75, 3.05) is 4.90 Å². The van der Waals surface area contributed by atoms with Crippen LogP contribution in [0.25, 0.3) is 44.2 Å². The summed E-state index contributed by atoms with van der Waals surface area (Å²) in [6, 6.07) is 51.1. The van der Waals surface area contributed by atoms with E-state index >= 15 is 0 Å². The third kappa shape index (κ3) is 5.22. The standard InChI is InChI=1S/C42H36BNO3/c1-41(2)42(3,4)47-43(46-41)32-23-27-35(28-24-32)44(33-11-6-5-7-12-33)34-25-21-30(22-26-34)29-17-19-31(20-18-29)36-14-10-15-38-37-13-8-9-16-39(37)45-40(36)38/h5-28H,1-4H3. The summed E-state index contributed by atoms with van der Waals surface area (Å²) in [6.45, 7) is 8.33. The molecule has 1 fully saturated rings. The zero-order valence-electron chi connectivity index (χ0n) is 27.1. The fourth-order valence-corrected chi connectivity index (χ4v) is 6.40. The summed E-state index contributed by atoms with van der Waals surface area (Å²) in [7, 11) is -0.392. The van der Waals surface area contributed by atoms with Gasteiger partial charge in [0.05, 0.1) is 11.2 Å². The largest absolute Gasteiger partial charge is 0.494 e. The van der Waals surface area contributed by atoms with Crippen LogP contribution in [0.1, 0.15) is 27.7 Å². The average molecular weight is 614 g/mol. The van der Waals surface area contributed by atoms with Crippen molar-refractivity contribution in [1.82, 2.24) is 0 Å². The lowest BCUT2D eigenvalue weighted by atomic mass is 9.79. The predicted molar refractivity (Wildman–Crippen MR) is 195 cm³/mol. The van der Waals surface area contributed by atoms with Crippen LogP contribution in [0.5, 0.6) is 0 Å². The quantitative estimate of drug-likeness (QED) is 0.175. The summed E-state index contributed by atoms with van der Waals surface area (Å²) in [5, 5.41) is 2.29. The van der Waals surface area contributed by atoms with Gasteiger partial charge in [-0.05, 0) is 92.3 Å². The molecule has 0 spiro atoms. The predicted octanol–water partition coefficient (Wildman–Crippen LogP) is 10.7. The smallest absolute Gasteiger partial charge is 0.455 e. The molecule has 0 bridgehead atoms. The van der Waals surface area contributed by atoms with Gasteiger partial charge in [0.1, 0.15) is 11.2 Å². The molecule has 0 saturated carbocycles. The van der Waals surface area contributed by atoms with Gasteiger partial charge in [-0.15, -0.1) is 0 Å². The van der Waals surface area contributed by atoms with E-state index in [1.54, 1.807) is 0 Å². The maximum atomic E-state index is 6.30. The van der Waals surface area contributed by atoms with E-state index in [2.05, 4.69) is 160 Å². The number of fused-ring (bicyclic) bond motifs is 3. The summed E-state index contributed by atoms with van der Waals surface area (Å²) in [5.41, 5.74) is 9.88. The zero-order chi connectivity index (χ0) is 32.2. The first-order chi connectivity index (χ1) is 22.8. The molecule has 1 saturated heterocycles. The van der Waals surface area contributed by atoms with Crippen molar-refractivity contribution in [3.8, 4) is 22.3 Å². The van der Waals surface area contributed by atoms with Gasteiger partial charge >= 0.3 is 7.12 Å². The monoisotopic (exact) mass is 613 g/mol. The molecular formula is C42H36BNO3. The van der Waals surface area contributed by atoms with E-state index in [4.69, 9.17) is 13.7 Å². The van der Waals surface area contributed by atoms with Gasteiger partial charge in [0.15, 0.2) is 0 Å². The maximum absolute atomic E-state index is 6.30. The highest BCUT2D eigenvalue weighted by molar-refractivity contribution is 6.62. The molecule has 2 heterocycles. The maximum Gasteiger partial charge on any atom is 0.494 e. The molecular weight excluding hydrogens is 577 g/mol. The van der Waals surface area contributed by atoms with Crippen molar-refractivity contribution in [2.24, 2.45) is 0 Å². The number of rotatable bonds is 6. The molecule has 1 aliphatic heterocycles.